The fourth-order valence-electron chi connectivity index (χ4n) is 2.51. The molecule has 0 saturated carbocycles. The number of unbranched alkanes of at least 4 members (excludes halogenated alkanes) is 1. The maximum atomic E-state index is 12.5. The summed E-state index contributed by atoms with van der Waals surface area (Å²) >= 11 is 0. The van der Waals surface area contributed by atoms with E-state index in [4.69, 9.17) is 0 Å². The molecular formula is C18H23N3O3. The summed E-state index contributed by atoms with van der Waals surface area (Å²) in [7, 11) is 0. The van der Waals surface area contributed by atoms with Gasteiger partial charge < -0.3 is 4.98 Å². The van der Waals surface area contributed by atoms with Crippen molar-refractivity contribution in [2.24, 2.45) is 0 Å². The van der Waals surface area contributed by atoms with Gasteiger partial charge >= 0.3 is 0 Å². The molecule has 0 spiro atoms. The van der Waals surface area contributed by atoms with E-state index in [2.05, 4.69) is 16.9 Å². The van der Waals surface area contributed by atoms with Gasteiger partial charge in [-0.2, -0.15) is 0 Å². The van der Waals surface area contributed by atoms with Crippen LogP contribution in [0.4, 0.5) is 5.69 Å². The maximum absolute atomic E-state index is 12.5. The lowest BCUT2D eigenvalue weighted by molar-refractivity contribution is -0.384. The molecule has 1 heterocycles. The van der Waals surface area contributed by atoms with Crippen LogP contribution in [-0.2, 0) is 12.8 Å². The number of non-ortho nitro benzene ring substituents is 1. The molecule has 0 saturated heterocycles. The smallest absolute Gasteiger partial charge is 0.269 e. The first kappa shape index (κ1) is 17.8. The molecule has 24 heavy (non-hydrogen) atoms. The molecule has 0 amide bonds. The molecule has 0 unspecified atom stereocenters. The number of H-pyrrole nitrogens is 1. The Morgan fingerprint density at radius 2 is 1.92 bits per heavy atom. The predicted octanol–water partition coefficient (Wildman–Crippen LogP) is 3.73. The Bertz CT molecular complexity index is 764. The average Bonchev–Trinajstić information content (AvgIpc) is 2.55. The Balaban J connectivity index is 2.36. The van der Waals surface area contributed by atoms with Crippen LogP contribution in [0.5, 0.6) is 0 Å². The lowest BCUT2D eigenvalue weighted by atomic mass is 10.0. The largest absolute Gasteiger partial charge is 0.310 e. The number of hydrogen-bond donors (Lipinski definition) is 1. The number of nitro benzene ring substituents is 1. The van der Waals surface area contributed by atoms with E-state index >= 15 is 0 Å². The normalized spacial score (nSPS) is 11.0. The van der Waals surface area contributed by atoms with Crippen molar-refractivity contribution >= 4 is 5.69 Å². The molecule has 0 aliphatic rings. The molecule has 1 aromatic carbocycles. The van der Waals surface area contributed by atoms with Crippen LogP contribution in [0.25, 0.3) is 0 Å². The maximum Gasteiger partial charge on any atom is 0.269 e. The number of nitro groups is 1. The second-order valence-electron chi connectivity index (χ2n) is 6.24. The lowest BCUT2D eigenvalue weighted by Crippen LogP contribution is -2.21. The molecule has 6 nitrogen and oxygen atoms in total. The Kier molecular flexibility index (Phi) is 5.84. The van der Waals surface area contributed by atoms with Crippen LogP contribution in [0.1, 0.15) is 62.2 Å². The second kappa shape index (κ2) is 7.86. The highest BCUT2D eigenvalue weighted by Crippen LogP contribution is 2.17. The van der Waals surface area contributed by atoms with E-state index < -0.39 is 4.92 Å². The standard InChI is InChI=1S/C18H23N3O3/c1-4-5-6-16-15(18(22)20-17(19-16)12(2)3)11-13-7-9-14(10-8-13)21(23)24/h7-10,12H,4-6,11H2,1-3H3,(H,19,20,22). The minimum atomic E-state index is -0.428. The molecule has 0 fully saturated rings. The third-order valence-electron chi connectivity index (χ3n) is 3.96. The van der Waals surface area contributed by atoms with Crippen LogP contribution in [0, 0.1) is 10.1 Å². The summed E-state index contributed by atoms with van der Waals surface area (Å²) in [6.45, 7) is 6.10. The van der Waals surface area contributed by atoms with Gasteiger partial charge in [0.2, 0.25) is 0 Å². The molecular weight excluding hydrogens is 306 g/mol. The summed E-state index contributed by atoms with van der Waals surface area (Å²) in [4.78, 5) is 30.3. The van der Waals surface area contributed by atoms with Crippen molar-refractivity contribution < 1.29 is 4.92 Å². The third-order valence-corrected chi connectivity index (χ3v) is 3.96. The summed E-state index contributed by atoms with van der Waals surface area (Å²) in [5, 5.41) is 10.7. The molecule has 2 aromatic rings. The van der Waals surface area contributed by atoms with E-state index in [1.54, 1.807) is 12.1 Å². The monoisotopic (exact) mass is 329 g/mol. The van der Waals surface area contributed by atoms with Crippen molar-refractivity contribution in [2.75, 3.05) is 0 Å². The van der Waals surface area contributed by atoms with Gasteiger partial charge in [0.25, 0.3) is 11.2 Å². The van der Waals surface area contributed by atoms with Gasteiger partial charge in [0.1, 0.15) is 5.82 Å². The van der Waals surface area contributed by atoms with E-state index in [1.807, 2.05) is 13.8 Å². The molecule has 0 radical (unpaired) electrons. The summed E-state index contributed by atoms with van der Waals surface area (Å²) < 4.78 is 0. The molecule has 1 N–H and O–H groups in total. The van der Waals surface area contributed by atoms with Gasteiger partial charge in [-0.3, -0.25) is 14.9 Å². The second-order valence-corrected chi connectivity index (χ2v) is 6.24. The van der Waals surface area contributed by atoms with Crippen LogP contribution < -0.4 is 5.56 Å². The molecule has 0 bridgehead atoms. The zero-order valence-electron chi connectivity index (χ0n) is 14.3. The van der Waals surface area contributed by atoms with Crippen LogP contribution in [0.2, 0.25) is 0 Å². The van der Waals surface area contributed by atoms with E-state index in [1.165, 1.54) is 12.1 Å². The third kappa shape index (κ3) is 4.28. The number of hydrogen-bond acceptors (Lipinski definition) is 4. The average molecular weight is 329 g/mol. The Morgan fingerprint density at radius 1 is 1.25 bits per heavy atom. The van der Waals surface area contributed by atoms with Gasteiger partial charge in [0.05, 0.1) is 10.6 Å². The van der Waals surface area contributed by atoms with Gasteiger partial charge in [0.15, 0.2) is 0 Å². The van der Waals surface area contributed by atoms with Gasteiger partial charge in [-0.15, -0.1) is 0 Å². The first-order chi connectivity index (χ1) is 11.4. The van der Waals surface area contributed by atoms with Crippen LogP contribution >= 0.6 is 0 Å². The van der Waals surface area contributed by atoms with Gasteiger partial charge in [-0.25, -0.2) is 4.98 Å². The molecule has 128 valence electrons. The van der Waals surface area contributed by atoms with E-state index in [9.17, 15) is 14.9 Å². The van der Waals surface area contributed by atoms with E-state index in [-0.39, 0.29) is 17.2 Å². The first-order valence-electron chi connectivity index (χ1n) is 8.27. The predicted molar refractivity (Wildman–Crippen MR) is 93.5 cm³/mol. The Hall–Kier alpha value is -2.50. The summed E-state index contributed by atoms with van der Waals surface area (Å²) in [5.74, 6) is 0.866. The topological polar surface area (TPSA) is 88.9 Å². The van der Waals surface area contributed by atoms with Crippen molar-refractivity contribution in [2.45, 2.75) is 52.4 Å². The van der Waals surface area contributed by atoms with Gasteiger partial charge in [-0.05, 0) is 18.4 Å². The SMILES string of the molecule is CCCCc1nc(C(C)C)[nH]c(=O)c1Cc1ccc([N+](=O)[O-])cc1. The van der Waals surface area contributed by atoms with Crippen molar-refractivity contribution in [3.63, 3.8) is 0 Å². The minimum absolute atomic E-state index is 0.0483. The first-order valence-corrected chi connectivity index (χ1v) is 8.27. The summed E-state index contributed by atoms with van der Waals surface area (Å²) in [6, 6.07) is 6.31. The van der Waals surface area contributed by atoms with Gasteiger partial charge in [-0.1, -0.05) is 39.3 Å². The fourth-order valence-corrected chi connectivity index (χ4v) is 2.51. The number of rotatable bonds is 7. The fraction of sp³-hybridized carbons (Fsp3) is 0.444. The zero-order chi connectivity index (χ0) is 17.7. The quantitative estimate of drug-likeness (QED) is 0.619. The highest BCUT2D eigenvalue weighted by Gasteiger charge is 2.14. The van der Waals surface area contributed by atoms with Gasteiger partial charge in [0, 0.05) is 30.0 Å². The molecule has 0 aliphatic heterocycles. The van der Waals surface area contributed by atoms with Crippen LogP contribution in [0.3, 0.4) is 0 Å². The van der Waals surface area contributed by atoms with Crippen molar-refractivity contribution in [3.8, 4) is 0 Å². The summed E-state index contributed by atoms with van der Waals surface area (Å²) in [5.41, 5.74) is 2.29. The zero-order valence-corrected chi connectivity index (χ0v) is 14.3. The van der Waals surface area contributed by atoms with Crippen LogP contribution in [0.15, 0.2) is 29.1 Å². The number of aromatic nitrogens is 2. The molecule has 1 aromatic heterocycles. The molecule has 6 heteroatoms. The van der Waals surface area contributed by atoms with Crippen molar-refractivity contribution in [1.29, 1.82) is 0 Å². The van der Waals surface area contributed by atoms with Crippen molar-refractivity contribution in [3.05, 3.63) is 67.4 Å². The van der Waals surface area contributed by atoms with Crippen molar-refractivity contribution in [1.82, 2.24) is 9.97 Å². The molecule has 0 atom stereocenters. The Labute approximate surface area is 141 Å². The van der Waals surface area contributed by atoms with E-state index in [0.717, 1.165) is 30.5 Å². The van der Waals surface area contributed by atoms with Crippen LogP contribution in [-0.4, -0.2) is 14.9 Å². The molecule has 2 rings (SSSR count). The molecule has 0 aliphatic carbocycles. The number of nitrogens with zero attached hydrogens (tertiary/aromatic N) is 2. The Morgan fingerprint density at radius 3 is 2.46 bits per heavy atom. The highest BCUT2D eigenvalue weighted by molar-refractivity contribution is 5.36. The number of aromatic amines is 1. The summed E-state index contributed by atoms with van der Waals surface area (Å²) in [6.07, 6.45) is 3.20. The highest BCUT2D eigenvalue weighted by atomic mass is 16.6. The number of benzene rings is 1. The minimum Gasteiger partial charge on any atom is -0.310 e. The van der Waals surface area contributed by atoms with E-state index in [0.29, 0.717) is 17.8 Å². The number of aryl methyl sites for hydroxylation is 1. The lowest BCUT2D eigenvalue weighted by Gasteiger charge is -2.12. The number of nitrogens with one attached hydrogen (secondary N) is 1.